The molecule has 146 valence electrons. The molecule has 5 rings (SSSR count). The average molecular weight is 387 g/mol. The number of carbonyl (C=O) groups excluding carboxylic acids is 1. The number of pyridine rings is 1. The van der Waals surface area contributed by atoms with E-state index in [-0.39, 0.29) is 6.04 Å². The Morgan fingerprint density at radius 3 is 2.66 bits per heavy atom. The number of fused-ring (bicyclic) bond motifs is 3. The zero-order chi connectivity index (χ0) is 20.0. The first-order chi connectivity index (χ1) is 14.1. The summed E-state index contributed by atoms with van der Waals surface area (Å²) in [6.45, 7) is 0. The van der Waals surface area contributed by atoms with Gasteiger partial charge in [-0.2, -0.15) is 10.4 Å². The quantitative estimate of drug-likeness (QED) is 0.710. The summed E-state index contributed by atoms with van der Waals surface area (Å²) < 4.78 is 1.75. The third-order valence-electron chi connectivity index (χ3n) is 6.05. The van der Waals surface area contributed by atoms with E-state index in [2.05, 4.69) is 26.4 Å². The Hall–Kier alpha value is -3.60. The lowest BCUT2D eigenvalue weighted by Gasteiger charge is -2.40. The minimum atomic E-state index is -0.481. The van der Waals surface area contributed by atoms with E-state index in [1.54, 1.807) is 10.7 Å². The smallest absolute Gasteiger partial charge is 0.252 e. The number of nitrogens with zero attached hydrogens (tertiary/aromatic N) is 5. The highest BCUT2D eigenvalue weighted by atomic mass is 16.1. The number of primary amides is 1. The van der Waals surface area contributed by atoms with Crippen molar-refractivity contribution in [3.05, 3.63) is 54.0 Å². The molecule has 0 saturated carbocycles. The number of rotatable bonds is 4. The molecule has 2 saturated heterocycles. The van der Waals surface area contributed by atoms with Crippen LogP contribution in [0.15, 0.2) is 42.9 Å². The maximum Gasteiger partial charge on any atom is 0.252 e. The lowest BCUT2D eigenvalue weighted by molar-refractivity contribution is 0.100. The molecule has 1 amide bonds. The minimum Gasteiger partial charge on any atom is -0.380 e. The normalized spacial score (nSPS) is 23.1. The van der Waals surface area contributed by atoms with E-state index in [0.29, 0.717) is 23.2 Å². The van der Waals surface area contributed by atoms with Crippen LogP contribution in [0.5, 0.6) is 0 Å². The van der Waals surface area contributed by atoms with E-state index in [9.17, 15) is 4.79 Å². The first-order valence-corrected chi connectivity index (χ1v) is 9.81. The number of anilines is 2. The predicted molar refractivity (Wildman–Crippen MR) is 109 cm³/mol. The molecule has 0 radical (unpaired) electrons. The molecule has 2 aliphatic rings. The summed E-state index contributed by atoms with van der Waals surface area (Å²) in [5, 5.41) is 16.9. The number of nitriles is 1. The monoisotopic (exact) mass is 387 g/mol. The topological polar surface area (TPSA) is 112 Å². The molecule has 3 aromatic heterocycles. The molecule has 3 N–H and O–H groups in total. The van der Waals surface area contributed by atoms with Crippen molar-refractivity contribution in [3.63, 3.8) is 0 Å². The van der Waals surface area contributed by atoms with Gasteiger partial charge in [0.2, 0.25) is 0 Å². The fourth-order valence-corrected chi connectivity index (χ4v) is 4.81. The average Bonchev–Trinajstić information content (AvgIpc) is 3.31. The Bertz CT molecular complexity index is 1100. The number of piperidine rings is 1. The molecule has 0 aliphatic carbocycles. The molecule has 3 aromatic rings. The van der Waals surface area contributed by atoms with Crippen LogP contribution in [0.2, 0.25) is 0 Å². The van der Waals surface area contributed by atoms with Gasteiger partial charge in [-0.25, -0.2) is 9.50 Å². The summed E-state index contributed by atoms with van der Waals surface area (Å²) in [7, 11) is 0. The second kappa shape index (κ2) is 6.78. The fourth-order valence-electron chi connectivity index (χ4n) is 4.81. The third kappa shape index (κ3) is 2.95. The summed E-state index contributed by atoms with van der Waals surface area (Å²) in [5.41, 5.74) is 8.20. The second-order valence-corrected chi connectivity index (χ2v) is 7.76. The number of nitrogens with two attached hydrogens (primary N) is 1. The van der Waals surface area contributed by atoms with Gasteiger partial charge in [-0.3, -0.25) is 4.79 Å². The van der Waals surface area contributed by atoms with Crippen LogP contribution in [0.3, 0.4) is 0 Å². The number of hydrogen-bond donors (Lipinski definition) is 2. The predicted octanol–water partition coefficient (Wildman–Crippen LogP) is 2.31. The molecule has 5 heterocycles. The second-order valence-electron chi connectivity index (χ2n) is 7.76. The van der Waals surface area contributed by atoms with Gasteiger partial charge in [0.15, 0.2) is 0 Å². The van der Waals surface area contributed by atoms with Gasteiger partial charge in [-0.05, 0) is 49.9 Å². The summed E-state index contributed by atoms with van der Waals surface area (Å²) in [4.78, 5) is 18.9. The highest BCUT2D eigenvalue weighted by Crippen LogP contribution is 2.40. The van der Waals surface area contributed by atoms with Gasteiger partial charge < -0.3 is 16.0 Å². The van der Waals surface area contributed by atoms with Crippen molar-refractivity contribution >= 4 is 22.9 Å². The van der Waals surface area contributed by atoms with Crippen molar-refractivity contribution in [3.8, 4) is 6.07 Å². The summed E-state index contributed by atoms with van der Waals surface area (Å²) in [5.74, 6) is 0.455. The highest BCUT2D eigenvalue weighted by molar-refractivity contribution is 6.01. The molecular weight excluding hydrogens is 366 g/mol. The van der Waals surface area contributed by atoms with Crippen LogP contribution < -0.4 is 16.0 Å². The van der Waals surface area contributed by atoms with Crippen LogP contribution in [0.1, 0.15) is 41.6 Å². The van der Waals surface area contributed by atoms with Crippen molar-refractivity contribution < 1.29 is 4.79 Å². The molecule has 2 aliphatic heterocycles. The molecule has 0 spiro atoms. The Morgan fingerprint density at radius 1 is 1.21 bits per heavy atom. The van der Waals surface area contributed by atoms with Gasteiger partial charge in [0.25, 0.3) is 5.91 Å². The lowest BCUT2D eigenvalue weighted by Crippen LogP contribution is -2.47. The molecule has 3 atom stereocenters. The van der Waals surface area contributed by atoms with E-state index in [0.717, 1.165) is 42.7 Å². The van der Waals surface area contributed by atoms with E-state index in [4.69, 9.17) is 11.0 Å². The van der Waals surface area contributed by atoms with Gasteiger partial charge >= 0.3 is 0 Å². The summed E-state index contributed by atoms with van der Waals surface area (Å²) in [6.07, 6.45) is 9.15. The van der Waals surface area contributed by atoms with Gasteiger partial charge in [0.05, 0.1) is 28.5 Å². The molecule has 0 aromatic carbocycles. The molecule has 2 fully saturated rings. The van der Waals surface area contributed by atoms with Crippen LogP contribution in [0, 0.1) is 11.3 Å². The molecule has 8 nitrogen and oxygen atoms in total. The maximum absolute atomic E-state index is 12.0. The van der Waals surface area contributed by atoms with Crippen LogP contribution in [0.25, 0.3) is 5.52 Å². The first-order valence-electron chi connectivity index (χ1n) is 9.81. The highest BCUT2D eigenvalue weighted by Gasteiger charge is 2.41. The third-order valence-corrected chi connectivity index (χ3v) is 6.05. The van der Waals surface area contributed by atoms with Crippen molar-refractivity contribution in [2.75, 3.05) is 10.2 Å². The number of hydrogen-bond acceptors (Lipinski definition) is 6. The van der Waals surface area contributed by atoms with E-state index < -0.39 is 5.91 Å². The Balaban J connectivity index is 1.40. The standard InChI is InChI=1S/C21H21N7O/c22-10-13-3-6-19(24-11-13)28-15-4-5-16(28)9-14(8-15)26-20-17(21(23)29)12-25-27-7-1-2-18(20)27/h1-3,6-7,11-12,14-16,26H,4-5,8-9H2,(H2,23,29)/t14-,15-,16+. The molecule has 8 heteroatoms. The Morgan fingerprint density at radius 2 is 2.00 bits per heavy atom. The van der Waals surface area contributed by atoms with Crippen molar-refractivity contribution in [2.24, 2.45) is 5.73 Å². The zero-order valence-corrected chi connectivity index (χ0v) is 15.8. The van der Waals surface area contributed by atoms with E-state index >= 15 is 0 Å². The first kappa shape index (κ1) is 17.5. The number of aromatic nitrogens is 3. The van der Waals surface area contributed by atoms with Gasteiger partial charge in [-0.1, -0.05) is 0 Å². The Labute approximate surface area is 167 Å². The van der Waals surface area contributed by atoms with Crippen LogP contribution in [-0.4, -0.2) is 38.6 Å². The summed E-state index contributed by atoms with van der Waals surface area (Å²) >= 11 is 0. The van der Waals surface area contributed by atoms with E-state index in [1.165, 1.54) is 6.20 Å². The minimum absolute atomic E-state index is 0.237. The number of nitrogens with one attached hydrogen (secondary N) is 1. The van der Waals surface area contributed by atoms with Crippen LogP contribution >= 0.6 is 0 Å². The summed E-state index contributed by atoms with van der Waals surface area (Å²) in [6, 6.07) is 10.7. The van der Waals surface area contributed by atoms with Crippen LogP contribution in [-0.2, 0) is 0 Å². The van der Waals surface area contributed by atoms with Crippen molar-refractivity contribution in [2.45, 2.75) is 43.8 Å². The van der Waals surface area contributed by atoms with Crippen molar-refractivity contribution in [1.29, 1.82) is 5.26 Å². The Kier molecular flexibility index (Phi) is 4.09. The van der Waals surface area contributed by atoms with Gasteiger partial charge in [-0.15, -0.1) is 0 Å². The van der Waals surface area contributed by atoms with Gasteiger partial charge in [0.1, 0.15) is 11.9 Å². The maximum atomic E-state index is 12.0. The molecule has 29 heavy (non-hydrogen) atoms. The number of amides is 1. The van der Waals surface area contributed by atoms with E-state index in [1.807, 2.05) is 30.5 Å². The van der Waals surface area contributed by atoms with Gasteiger partial charge in [0, 0.05) is 30.5 Å². The SMILES string of the molecule is N#Cc1ccc(N2[C@@H]3CC[C@H]2C[C@H](Nc2c(C(N)=O)cnn4cccc24)C3)nc1. The number of carbonyl (C=O) groups is 1. The fraction of sp³-hybridized carbons (Fsp3) is 0.333. The van der Waals surface area contributed by atoms with Crippen molar-refractivity contribution in [1.82, 2.24) is 14.6 Å². The zero-order valence-electron chi connectivity index (χ0n) is 15.8. The lowest BCUT2D eigenvalue weighted by atomic mass is 9.96. The molecule has 2 bridgehead atoms. The largest absolute Gasteiger partial charge is 0.380 e. The van der Waals surface area contributed by atoms with Crippen LogP contribution in [0.4, 0.5) is 11.5 Å². The molecular formula is C21H21N7O. The molecule has 0 unspecified atom stereocenters.